The Morgan fingerprint density at radius 2 is 2.24 bits per heavy atom. The highest BCUT2D eigenvalue weighted by molar-refractivity contribution is 7.99. The van der Waals surface area contributed by atoms with Gasteiger partial charge in [0.1, 0.15) is 5.75 Å². The van der Waals surface area contributed by atoms with Crippen molar-refractivity contribution in [1.29, 1.82) is 0 Å². The molecule has 0 spiro atoms. The Morgan fingerprint density at radius 1 is 1.38 bits per heavy atom. The maximum Gasteiger partial charge on any atom is 0.308 e. The highest BCUT2D eigenvalue weighted by Crippen LogP contribution is 2.30. The van der Waals surface area contributed by atoms with Crippen LogP contribution < -0.4 is 4.74 Å². The van der Waals surface area contributed by atoms with Crippen molar-refractivity contribution in [2.24, 2.45) is 11.8 Å². The lowest BCUT2D eigenvalue weighted by atomic mass is 9.81. The summed E-state index contributed by atoms with van der Waals surface area (Å²) < 4.78 is 5.36. The molecule has 2 heterocycles. The van der Waals surface area contributed by atoms with E-state index in [9.17, 15) is 9.90 Å². The van der Waals surface area contributed by atoms with Crippen LogP contribution in [0.5, 0.6) is 5.75 Å². The van der Waals surface area contributed by atoms with Gasteiger partial charge < -0.3 is 14.7 Å². The van der Waals surface area contributed by atoms with E-state index in [2.05, 4.69) is 22.9 Å². The Bertz CT molecular complexity index is 814. The van der Waals surface area contributed by atoms with Gasteiger partial charge in [-0.25, -0.2) is 0 Å². The second kappa shape index (κ2) is 10.8. The third-order valence-electron chi connectivity index (χ3n) is 5.97. The van der Waals surface area contributed by atoms with Crippen molar-refractivity contribution in [3.8, 4) is 5.75 Å². The van der Waals surface area contributed by atoms with Gasteiger partial charge in [-0.1, -0.05) is 6.92 Å². The number of hydrogen-bond donors (Lipinski definition) is 1. The van der Waals surface area contributed by atoms with Crippen LogP contribution in [0, 0.1) is 11.8 Å². The number of piperidine rings is 1. The number of carbonyl (C=O) groups is 1. The smallest absolute Gasteiger partial charge is 0.308 e. The van der Waals surface area contributed by atoms with Crippen LogP contribution >= 0.6 is 11.8 Å². The predicted molar refractivity (Wildman–Crippen MR) is 120 cm³/mol. The van der Waals surface area contributed by atoms with Crippen LogP contribution in [0.15, 0.2) is 30.5 Å². The molecule has 5 nitrogen and oxygen atoms in total. The standard InChI is InChI=1S/C23H32N2O3S/c1-3-29-14-13-25-12-10-18(21(16-25)23(26)27)6-4-5-17-9-11-24-22-8-7-19(28-2)15-20(17)22/h7-9,11,15,18,21H,3-6,10,12-14,16H2,1-2H3,(H,26,27)/t18-,21+/m1/s1. The maximum atomic E-state index is 11.9. The van der Waals surface area contributed by atoms with Crippen LogP contribution in [0.4, 0.5) is 0 Å². The van der Waals surface area contributed by atoms with Gasteiger partial charge in [-0.05, 0) is 73.7 Å². The highest BCUT2D eigenvalue weighted by Gasteiger charge is 2.33. The number of benzene rings is 1. The van der Waals surface area contributed by atoms with Crippen LogP contribution in [-0.2, 0) is 11.2 Å². The van der Waals surface area contributed by atoms with Crippen molar-refractivity contribution >= 4 is 28.6 Å². The van der Waals surface area contributed by atoms with Gasteiger partial charge in [-0.3, -0.25) is 9.78 Å². The second-order valence-electron chi connectivity index (χ2n) is 7.74. The molecule has 0 amide bonds. The van der Waals surface area contributed by atoms with E-state index < -0.39 is 5.97 Å². The van der Waals surface area contributed by atoms with Gasteiger partial charge in [0, 0.05) is 30.4 Å². The van der Waals surface area contributed by atoms with Gasteiger partial charge in [0.25, 0.3) is 0 Å². The number of carboxylic acid groups (broad SMARTS) is 1. The van der Waals surface area contributed by atoms with E-state index in [1.165, 1.54) is 5.56 Å². The monoisotopic (exact) mass is 416 g/mol. The number of hydrogen-bond acceptors (Lipinski definition) is 5. The molecule has 6 heteroatoms. The lowest BCUT2D eigenvalue weighted by Crippen LogP contribution is -2.44. The number of carboxylic acids is 1. The lowest BCUT2D eigenvalue weighted by Gasteiger charge is -2.36. The quantitative estimate of drug-likeness (QED) is 0.581. The molecule has 29 heavy (non-hydrogen) atoms. The molecular formula is C23H32N2O3S. The lowest BCUT2D eigenvalue weighted by molar-refractivity contribution is -0.146. The zero-order valence-corrected chi connectivity index (χ0v) is 18.3. The molecule has 0 bridgehead atoms. The average molecular weight is 417 g/mol. The summed E-state index contributed by atoms with van der Waals surface area (Å²) in [5.41, 5.74) is 2.24. The molecule has 1 aliphatic heterocycles. The van der Waals surface area contributed by atoms with Crippen LogP contribution in [0.3, 0.4) is 0 Å². The molecule has 1 saturated heterocycles. The van der Waals surface area contributed by atoms with Crippen LogP contribution in [-0.4, -0.2) is 59.2 Å². The molecule has 0 unspecified atom stereocenters. The topological polar surface area (TPSA) is 62.7 Å². The summed E-state index contributed by atoms with van der Waals surface area (Å²) in [5, 5.41) is 10.9. The number of ether oxygens (including phenoxy) is 1. The second-order valence-corrected chi connectivity index (χ2v) is 9.13. The fraction of sp³-hybridized carbons (Fsp3) is 0.565. The van der Waals surface area contributed by atoms with Gasteiger partial charge in [-0.15, -0.1) is 0 Å². The maximum absolute atomic E-state index is 11.9. The van der Waals surface area contributed by atoms with Gasteiger partial charge >= 0.3 is 5.97 Å². The number of nitrogens with zero attached hydrogens (tertiary/aromatic N) is 2. The summed E-state index contributed by atoms with van der Waals surface area (Å²) in [6, 6.07) is 8.04. The molecule has 3 rings (SSSR count). The Kier molecular flexibility index (Phi) is 8.19. The molecular weight excluding hydrogens is 384 g/mol. The van der Waals surface area contributed by atoms with E-state index in [0.29, 0.717) is 6.54 Å². The Morgan fingerprint density at radius 3 is 3.00 bits per heavy atom. The summed E-state index contributed by atoms with van der Waals surface area (Å²) in [5.74, 6) is 2.43. The summed E-state index contributed by atoms with van der Waals surface area (Å²) in [6.45, 7) is 4.88. The molecule has 1 aromatic carbocycles. The molecule has 2 aromatic rings. The first-order valence-corrected chi connectivity index (χ1v) is 11.7. The summed E-state index contributed by atoms with van der Waals surface area (Å²) in [6.07, 6.45) is 5.74. The van der Waals surface area contributed by atoms with Crippen molar-refractivity contribution in [2.45, 2.75) is 32.6 Å². The molecule has 0 saturated carbocycles. The molecule has 158 valence electrons. The number of pyridine rings is 1. The molecule has 2 atom stereocenters. The van der Waals surface area contributed by atoms with Gasteiger partial charge in [0.15, 0.2) is 0 Å². The van der Waals surface area contributed by atoms with E-state index >= 15 is 0 Å². The molecule has 1 aromatic heterocycles. The number of thioether (sulfide) groups is 1. The van der Waals surface area contributed by atoms with Crippen molar-refractivity contribution in [2.75, 3.05) is 38.2 Å². The first-order valence-electron chi connectivity index (χ1n) is 10.6. The normalized spacial score (nSPS) is 20.1. The van der Waals surface area contributed by atoms with Gasteiger partial charge in [0.2, 0.25) is 0 Å². The minimum atomic E-state index is -0.637. The van der Waals surface area contributed by atoms with E-state index in [1.807, 2.05) is 36.2 Å². The fourth-order valence-electron chi connectivity index (χ4n) is 4.32. The minimum Gasteiger partial charge on any atom is -0.497 e. The third-order valence-corrected chi connectivity index (χ3v) is 6.85. The number of rotatable bonds is 10. The number of fused-ring (bicyclic) bond motifs is 1. The van der Waals surface area contributed by atoms with Crippen molar-refractivity contribution in [3.05, 3.63) is 36.0 Å². The van der Waals surface area contributed by atoms with E-state index in [4.69, 9.17) is 4.74 Å². The van der Waals surface area contributed by atoms with E-state index in [-0.39, 0.29) is 11.8 Å². The van der Waals surface area contributed by atoms with Crippen molar-refractivity contribution < 1.29 is 14.6 Å². The van der Waals surface area contributed by atoms with Gasteiger partial charge in [0.05, 0.1) is 18.5 Å². The third kappa shape index (κ3) is 5.86. The zero-order valence-electron chi connectivity index (χ0n) is 17.5. The molecule has 0 radical (unpaired) electrons. The van der Waals surface area contributed by atoms with Crippen molar-refractivity contribution in [1.82, 2.24) is 9.88 Å². The van der Waals surface area contributed by atoms with E-state index in [0.717, 1.165) is 66.9 Å². The summed E-state index contributed by atoms with van der Waals surface area (Å²) in [7, 11) is 1.68. The van der Waals surface area contributed by atoms with Crippen molar-refractivity contribution in [3.63, 3.8) is 0 Å². The SMILES string of the molecule is CCSCCN1CC[C@@H](CCCc2ccnc3ccc(OC)cc23)[C@@H](C(=O)O)C1. The largest absolute Gasteiger partial charge is 0.497 e. The summed E-state index contributed by atoms with van der Waals surface area (Å²) >= 11 is 1.92. The van der Waals surface area contributed by atoms with Gasteiger partial charge in [-0.2, -0.15) is 11.8 Å². The number of aliphatic carboxylic acids is 1. The predicted octanol–water partition coefficient (Wildman–Crippen LogP) is 4.34. The number of likely N-dealkylation sites (tertiary alicyclic amines) is 1. The van der Waals surface area contributed by atoms with E-state index in [1.54, 1.807) is 7.11 Å². The Balaban J connectivity index is 1.58. The summed E-state index contributed by atoms with van der Waals surface area (Å²) in [4.78, 5) is 18.6. The minimum absolute atomic E-state index is 0.246. The van der Waals surface area contributed by atoms with Crippen LogP contribution in [0.25, 0.3) is 10.9 Å². The molecule has 1 N–H and O–H groups in total. The first kappa shape index (κ1) is 21.9. The number of aromatic nitrogens is 1. The van der Waals surface area contributed by atoms with Crippen LogP contribution in [0.1, 0.15) is 31.7 Å². The first-order chi connectivity index (χ1) is 14.1. The number of aryl methyl sites for hydroxylation is 1. The number of methoxy groups -OCH3 is 1. The zero-order chi connectivity index (χ0) is 20.6. The fourth-order valence-corrected chi connectivity index (χ4v) is 4.99. The van der Waals surface area contributed by atoms with Crippen LogP contribution in [0.2, 0.25) is 0 Å². The molecule has 0 aliphatic carbocycles. The molecule has 1 fully saturated rings. The molecule has 1 aliphatic rings. The Hall–Kier alpha value is -1.79. The highest BCUT2D eigenvalue weighted by atomic mass is 32.2. The Labute approximate surface area is 177 Å². The average Bonchev–Trinajstić information content (AvgIpc) is 2.74.